The molecule has 0 aromatic heterocycles. The Balaban J connectivity index is 1.70. The van der Waals surface area contributed by atoms with Crippen molar-refractivity contribution in [3.05, 3.63) is 47.5 Å². The fourth-order valence-corrected chi connectivity index (χ4v) is 3.68. The first kappa shape index (κ1) is 12.0. The van der Waals surface area contributed by atoms with Crippen LogP contribution in [0.5, 0.6) is 0 Å². The highest BCUT2D eigenvalue weighted by Crippen LogP contribution is 2.40. The molecule has 0 amide bonds. The van der Waals surface area contributed by atoms with E-state index in [4.69, 9.17) is 4.65 Å². The zero-order chi connectivity index (χ0) is 12.4. The normalized spacial score (nSPS) is 26.9. The molecule has 2 atom stereocenters. The molecule has 1 aliphatic carbocycles. The number of allylic oxidation sites excluding steroid dienone is 2. The summed E-state index contributed by atoms with van der Waals surface area (Å²) in [5.74, 6) is 1.62. The highest BCUT2D eigenvalue weighted by Gasteiger charge is 2.34. The van der Waals surface area contributed by atoms with Gasteiger partial charge in [0.2, 0.25) is 0 Å². The molecule has 0 radical (unpaired) electrons. The average molecular weight is 240 g/mol. The summed E-state index contributed by atoms with van der Waals surface area (Å²) >= 11 is 0. The van der Waals surface area contributed by atoms with Gasteiger partial charge < -0.3 is 4.65 Å². The van der Waals surface area contributed by atoms with Crippen LogP contribution < -0.4 is 0 Å². The molecule has 1 heterocycles. The van der Waals surface area contributed by atoms with E-state index >= 15 is 0 Å². The molecule has 0 N–H and O–H groups in total. The zero-order valence-corrected chi connectivity index (χ0v) is 11.1. The molecule has 1 nitrogen and oxygen atoms in total. The Kier molecular flexibility index (Phi) is 3.56. The van der Waals surface area contributed by atoms with Crippen molar-refractivity contribution in [2.75, 3.05) is 7.11 Å². The van der Waals surface area contributed by atoms with Crippen molar-refractivity contribution < 1.29 is 4.65 Å². The summed E-state index contributed by atoms with van der Waals surface area (Å²) in [5, 5.41) is 0. The van der Waals surface area contributed by atoms with Crippen LogP contribution in [0, 0.1) is 11.8 Å². The molecule has 1 aliphatic heterocycles. The molecule has 0 saturated carbocycles. The van der Waals surface area contributed by atoms with Gasteiger partial charge in [-0.3, -0.25) is 0 Å². The molecule has 2 unspecified atom stereocenters. The Labute approximate surface area is 110 Å². The first-order valence-corrected chi connectivity index (χ1v) is 7.10. The summed E-state index contributed by atoms with van der Waals surface area (Å²) in [6.45, 7) is 0.503. The lowest BCUT2D eigenvalue weighted by atomic mass is 9.48. The average Bonchev–Trinajstić information content (AvgIpc) is 2.38. The molecule has 94 valence electrons. The van der Waals surface area contributed by atoms with Gasteiger partial charge >= 0.3 is 0 Å². The second-order valence-electron chi connectivity index (χ2n) is 5.88. The topological polar surface area (TPSA) is 9.23 Å². The van der Waals surface area contributed by atoms with Crippen molar-refractivity contribution >= 4 is 6.92 Å². The number of fused-ring (bicyclic) bond motifs is 2. The van der Waals surface area contributed by atoms with E-state index in [1.54, 1.807) is 5.57 Å². The minimum Gasteiger partial charge on any atom is -0.438 e. The number of rotatable bonds is 3. The standard InChI is InChI=1S/C16H21BO/c1-18-17-11-15-8-14(9-16(10-15)12-17)7-13-5-3-2-4-6-13/h2-6,8,15-16H,7,9-12H2,1H3. The zero-order valence-electron chi connectivity index (χ0n) is 11.1. The van der Waals surface area contributed by atoms with E-state index in [9.17, 15) is 0 Å². The molecular formula is C16H21BO. The van der Waals surface area contributed by atoms with E-state index in [1.165, 1.54) is 31.0 Å². The van der Waals surface area contributed by atoms with Gasteiger partial charge in [-0.15, -0.1) is 0 Å². The molecule has 2 bridgehead atoms. The van der Waals surface area contributed by atoms with Crippen LogP contribution in [0.3, 0.4) is 0 Å². The van der Waals surface area contributed by atoms with Crippen molar-refractivity contribution in [2.24, 2.45) is 11.8 Å². The van der Waals surface area contributed by atoms with E-state index in [0.29, 0.717) is 6.92 Å². The second kappa shape index (κ2) is 5.32. The Bertz CT molecular complexity index is 426. The third-order valence-corrected chi connectivity index (χ3v) is 4.43. The van der Waals surface area contributed by atoms with Crippen molar-refractivity contribution in [3.63, 3.8) is 0 Å². The van der Waals surface area contributed by atoms with Gasteiger partial charge in [0.1, 0.15) is 0 Å². The summed E-state index contributed by atoms with van der Waals surface area (Å²) < 4.78 is 5.55. The third kappa shape index (κ3) is 2.69. The Morgan fingerprint density at radius 3 is 2.78 bits per heavy atom. The van der Waals surface area contributed by atoms with Crippen LogP contribution in [0.25, 0.3) is 0 Å². The van der Waals surface area contributed by atoms with Crippen LogP contribution in [-0.4, -0.2) is 14.0 Å². The summed E-state index contributed by atoms with van der Waals surface area (Å²) in [5.41, 5.74) is 3.10. The number of hydrogen-bond donors (Lipinski definition) is 0. The van der Waals surface area contributed by atoms with Crippen LogP contribution in [0.15, 0.2) is 42.0 Å². The van der Waals surface area contributed by atoms with Crippen LogP contribution in [0.4, 0.5) is 0 Å². The molecular weight excluding hydrogens is 219 g/mol. The maximum absolute atomic E-state index is 5.55. The molecule has 2 aliphatic rings. The Morgan fingerprint density at radius 1 is 1.22 bits per heavy atom. The van der Waals surface area contributed by atoms with Crippen molar-refractivity contribution in [2.45, 2.75) is 31.9 Å². The van der Waals surface area contributed by atoms with E-state index in [-0.39, 0.29) is 0 Å². The van der Waals surface area contributed by atoms with Crippen molar-refractivity contribution in [1.82, 2.24) is 0 Å². The van der Waals surface area contributed by atoms with Gasteiger partial charge in [-0.25, -0.2) is 0 Å². The van der Waals surface area contributed by atoms with Crippen molar-refractivity contribution in [3.8, 4) is 0 Å². The van der Waals surface area contributed by atoms with Gasteiger partial charge in [0.05, 0.1) is 0 Å². The van der Waals surface area contributed by atoms with E-state index in [1.807, 2.05) is 7.11 Å². The lowest BCUT2D eigenvalue weighted by molar-refractivity contribution is 0.339. The summed E-state index contributed by atoms with van der Waals surface area (Å²) in [6, 6.07) is 10.9. The fraction of sp³-hybridized carbons (Fsp3) is 0.500. The maximum Gasteiger partial charge on any atom is 0.293 e. The van der Waals surface area contributed by atoms with Gasteiger partial charge in [0.15, 0.2) is 0 Å². The predicted octanol–water partition coefficient (Wildman–Crippen LogP) is 3.83. The third-order valence-electron chi connectivity index (χ3n) is 4.43. The second-order valence-corrected chi connectivity index (χ2v) is 5.88. The van der Waals surface area contributed by atoms with E-state index in [0.717, 1.165) is 18.3 Å². The van der Waals surface area contributed by atoms with Gasteiger partial charge in [-0.2, -0.15) is 0 Å². The molecule has 2 heteroatoms. The molecule has 3 rings (SSSR count). The highest BCUT2D eigenvalue weighted by atomic mass is 16.4. The summed E-state index contributed by atoms with van der Waals surface area (Å²) in [7, 11) is 1.86. The maximum atomic E-state index is 5.55. The minimum atomic E-state index is 0.503. The lowest BCUT2D eigenvalue weighted by Crippen LogP contribution is -2.32. The summed E-state index contributed by atoms with van der Waals surface area (Å²) in [4.78, 5) is 0. The van der Waals surface area contributed by atoms with E-state index in [2.05, 4.69) is 36.4 Å². The lowest BCUT2D eigenvalue weighted by Gasteiger charge is -2.36. The number of hydrogen-bond acceptors (Lipinski definition) is 1. The molecule has 1 fully saturated rings. The first-order valence-electron chi connectivity index (χ1n) is 7.10. The predicted molar refractivity (Wildman–Crippen MR) is 76.8 cm³/mol. The van der Waals surface area contributed by atoms with Gasteiger partial charge in [-0.1, -0.05) is 42.0 Å². The largest absolute Gasteiger partial charge is 0.438 e. The quantitative estimate of drug-likeness (QED) is 0.576. The van der Waals surface area contributed by atoms with Crippen molar-refractivity contribution in [1.29, 1.82) is 0 Å². The van der Waals surface area contributed by atoms with Crippen LogP contribution in [0.1, 0.15) is 18.4 Å². The fourth-order valence-electron chi connectivity index (χ4n) is 3.68. The molecule has 18 heavy (non-hydrogen) atoms. The highest BCUT2D eigenvalue weighted by molar-refractivity contribution is 6.52. The van der Waals surface area contributed by atoms with Crippen LogP contribution in [0.2, 0.25) is 12.6 Å². The van der Waals surface area contributed by atoms with Gasteiger partial charge in [-0.05, 0) is 49.3 Å². The minimum absolute atomic E-state index is 0.503. The Morgan fingerprint density at radius 2 is 2.06 bits per heavy atom. The smallest absolute Gasteiger partial charge is 0.293 e. The summed E-state index contributed by atoms with van der Waals surface area (Å²) in [6.07, 6.45) is 8.84. The molecule has 1 aromatic rings. The number of benzene rings is 1. The van der Waals surface area contributed by atoms with E-state index < -0.39 is 0 Å². The monoisotopic (exact) mass is 240 g/mol. The van der Waals surface area contributed by atoms with Gasteiger partial charge in [0, 0.05) is 7.11 Å². The molecule has 1 saturated heterocycles. The van der Waals surface area contributed by atoms with Crippen LogP contribution >= 0.6 is 0 Å². The molecule has 0 spiro atoms. The Hall–Kier alpha value is -1.02. The SMILES string of the molecule is COB1CC2C=C(Cc3ccccc3)CC(C1)C2. The first-order chi connectivity index (χ1) is 8.83. The van der Waals surface area contributed by atoms with Gasteiger partial charge in [0.25, 0.3) is 6.92 Å². The van der Waals surface area contributed by atoms with Crippen LogP contribution in [-0.2, 0) is 11.1 Å². The molecule has 1 aromatic carbocycles.